The van der Waals surface area contributed by atoms with Gasteiger partial charge in [0.15, 0.2) is 0 Å². The summed E-state index contributed by atoms with van der Waals surface area (Å²) in [7, 11) is 0. The first-order chi connectivity index (χ1) is 14.9. The van der Waals surface area contributed by atoms with Gasteiger partial charge in [-0.2, -0.15) is 0 Å². The highest BCUT2D eigenvalue weighted by Gasteiger charge is 2.26. The van der Waals surface area contributed by atoms with E-state index < -0.39 is 5.82 Å². The number of nitrogens with zero attached hydrogens (tertiary/aromatic N) is 4. The molecule has 2 aromatic carbocycles. The molecule has 0 spiro atoms. The predicted octanol–water partition coefficient (Wildman–Crippen LogP) is 3.92. The number of carbonyl (C=O) groups excluding carboxylic acids is 1. The average molecular weight is 422 g/mol. The third-order valence-corrected chi connectivity index (χ3v) is 5.60. The number of rotatable bonds is 4. The molecule has 1 amide bonds. The predicted molar refractivity (Wildman–Crippen MR) is 115 cm³/mol. The van der Waals surface area contributed by atoms with Crippen LogP contribution in [0.3, 0.4) is 0 Å². The Labute approximate surface area is 180 Å². The summed E-state index contributed by atoms with van der Waals surface area (Å²) >= 11 is 0. The van der Waals surface area contributed by atoms with E-state index in [9.17, 15) is 13.6 Å². The number of hydrogen-bond acceptors (Lipinski definition) is 4. The van der Waals surface area contributed by atoms with E-state index in [1.807, 2.05) is 19.9 Å². The van der Waals surface area contributed by atoms with Gasteiger partial charge in [0.25, 0.3) is 5.91 Å². The minimum Gasteiger partial charge on any atom is -0.353 e. The van der Waals surface area contributed by atoms with Gasteiger partial charge in [-0.25, -0.2) is 18.7 Å². The second-order valence-corrected chi connectivity index (χ2v) is 7.69. The summed E-state index contributed by atoms with van der Waals surface area (Å²) in [6.07, 6.45) is 0.391. The van der Waals surface area contributed by atoms with Gasteiger partial charge in [0, 0.05) is 43.9 Å². The van der Waals surface area contributed by atoms with E-state index in [0.29, 0.717) is 44.0 Å². The molecule has 1 saturated heterocycles. The molecule has 0 radical (unpaired) electrons. The van der Waals surface area contributed by atoms with Gasteiger partial charge in [-0.15, -0.1) is 0 Å². The second kappa shape index (κ2) is 8.79. The van der Waals surface area contributed by atoms with Crippen molar-refractivity contribution in [3.8, 4) is 0 Å². The van der Waals surface area contributed by atoms with Crippen molar-refractivity contribution in [1.82, 2.24) is 14.9 Å². The van der Waals surface area contributed by atoms with Crippen LogP contribution in [0.4, 0.5) is 14.6 Å². The number of benzene rings is 2. The maximum absolute atomic E-state index is 14.3. The first-order valence-electron chi connectivity index (χ1n) is 10.3. The van der Waals surface area contributed by atoms with E-state index in [4.69, 9.17) is 0 Å². The summed E-state index contributed by atoms with van der Waals surface area (Å²) in [5.41, 5.74) is 2.37. The number of aromatic nitrogens is 2. The summed E-state index contributed by atoms with van der Waals surface area (Å²) in [5.74, 6) is 0.346. The van der Waals surface area contributed by atoms with Crippen molar-refractivity contribution >= 4 is 11.7 Å². The van der Waals surface area contributed by atoms with Crippen molar-refractivity contribution in [2.24, 2.45) is 0 Å². The topological polar surface area (TPSA) is 49.3 Å². The van der Waals surface area contributed by atoms with E-state index in [1.54, 1.807) is 29.2 Å². The number of aryl methyl sites for hydroxylation is 2. The summed E-state index contributed by atoms with van der Waals surface area (Å²) in [4.78, 5) is 25.6. The molecule has 0 bridgehead atoms. The fourth-order valence-electron chi connectivity index (χ4n) is 3.94. The van der Waals surface area contributed by atoms with Gasteiger partial charge in [-0.1, -0.05) is 30.3 Å². The van der Waals surface area contributed by atoms with Crippen molar-refractivity contribution in [2.75, 3.05) is 31.1 Å². The van der Waals surface area contributed by atoms with Gasteiger partial charge in [-0.05, 0) is 37.6 Å². The monoisotopic (exact) mass is 422 g/mol. The number of carbonyl (C=O) groups is 1. The zero-order valence-corrected chi connectivity index (χ0v) is 17.6. The molecule has 1 aromatic heterocycles. The molecule has 0 aliphatic carbocycles. The van der Waals surface area contributed by atoms with Crippen LogP contribution in [-0.2, 0) is 6.42 Å². The quantitative estimate of drug-likeness (QED) is 0.639. The molecule has 2 heterocycles. The maximum Gasteiger partial charge on any atom is 0.256 e. The van der Waals surface area contributed by atoms with Crippen LogP contribution >= 0.6 is 0 Å². The van der Waals surface area contributed by atoms with Crippen LogP contribution in [0.25, 0.3) is 0 Å². The number of hydrogen-bond donors (Lipinski definition) is 0. The summed E-state index contributed by atoms with van der Waals surface area (Å²) < 4.78 is 28.3. The van der Waals surface area contributed by atoms with E-state index in [0.717, 1.165) is 17.1 Å². The van der Waals surface area contributed by atoms with E-state index in [2.05, 4.69) is 14.9 Å². The normalized spacial score (nSPS) is 14.1. The van der Waals surface area contributed by atoms with Crippen LogP contribution in [-0.4, -0.2) is 47.0 Å². The molecule has 1 fully saturated rings. The molecule has 1 aliphatic heterocycles. The molecule has 1 aliphatic rings. The summed E-state index contributed by atoms with van der Waals surface area (Å²) in [6.45, 7) is 5.76. The lowest BCUT2D eigenvalue weighted by molar-refractivity contribution is 0.0741. The van der Waals surface area contributed by atoms with Gasteiger partial charge in [0.05, 0.1) is 5.56 Å². The molecular weight excluding hydrogens is 398 g/mol. The molecule has 160 valence electrons. The molecule has 5 nitrogen and oxygen atoms in total. The Morgan fingerprint density at radius 1 is 0.903 bits per heavy atom. The van der Waals surface area contributed by atoms with E-state index in [-0.39, 0.29) is 17.3 Å². The lowest BCUT2D eigenvalue weighted by Crippen LogP contribution is -2.49. The zero-order chi connectivity index (χ0) is 22.0. The molecule has 0 N–H and O–H groups in total. The zero-order valence-electron chi connectivity index (χ0n) is 17.6. The lowest BCUT2D eigenvalue weighted by Gasteiger charge is -2.36. The summed E-state index contributed by atoms with van der Waals surface area (Å²) in [5, 5.41) is 0. The molecule has 0 atom stereocenters. The Morgan fingerprint density at radius 2 is 1.55 bits per heavy atom. The third-order valence-electron chi connectivity index (χ3n) is 5.60. The third kappa shape index (κ3) is 4.40. The first-order valence-corrected chi connectivity index (χ1v) is 10.3. The van der Waals surface area contributed by atoms with Crippen LogP contribution in [0.1, 0.15) is 33.0 Å². The fourth-order valence-corrected chi connectivity index (χ4v) is 3.94. The van der Waals surface area contributed by atoms with Gasteiger partial charge >= 0.3 is 0 Å². The molecule has 7 heteroatoms. The highest BCUT2D eigenvalue weighted by Crippen LogP contribution is 2.26. The Kier molecular flexibility index (Phi) is 5.93. The number of halogens is 2. The number of piperazine rings is 1. The smallest absolute Gasteiger partial charge is 0.256 e. The van der Waals surface area contributed by atoms with Crippen molar-refractivity contribution < 1.29 is 13.6 Å². The average Bonchev–Trinajstić information content (AvgIpc) is 2.77. The number of anilines is 1. The molecule has 3 aromatic rings. The standard InChI is InChI=1S/C24H24F2N4O/c1-16-20(15-18-7-3-5-9-21(18)25)23(28-17(2)27-16)29-11-13-30(14-12-29)24(31)19-8-4-6-10-22(19)26/h3-10H,11-15H2,1-2H3. The second-order valence-electron chi connectivity index (χ2n) is 7.69. The first kappa shape index (κ1) is 20.9. The molecular formula is C24H24F2N4O. The van der Waals surface area contributed by atoms with Crippen LogP contribution in [0.15, 0.2) is 48.5 Å². The molecule has 4 rings (SSSR count). The fraction of sp³-hybridized carbons (Fsp3) is 0.292. The van der Waals surface area contributed by atoms with Gasteiger partial charge in [0.2, 0.25) is 0 Å². The number of amides is 1. The maximum atomic E-state index is 14.3. The van der Waals surface area contributed by atoms with Crippen molar-refractivity contribution in [3.05, 3.63) is 88.4 Å². The van der Waals surface area contributed by atoms with Crippen LogP contribution in [0.2, 0.25) is 0 Å². The van der Waals surface area contributed by atoms with Crippen LogP contribution < -0.4 is 4.90 Å². The van der Waals surface area contributed by atoms with E-state index >= 15 is 0 Å². The Bertz CT molecular complexity index is 1110. The van der Waals surface area contributed by atoms with Gasteiger partial charge < -0.3 is 9.80 Å². The van der Waals surface area contributed by atoms with E-state index in [1.165, 1.54) is 18.2 Å². The molecule has 0 saturated carbocycles. The van der Waals surface area contributed by atoms with Gasteiger partial charge in [0.1, 0.15) is 23.3 Å². The Balaban J connectivity index is 1.55. The highest BCUT2D eigenvalue weighted by molar-refractivity contribution is 5.94. The highest BCUT2D eigenvalue weighted by atomic mass is 19.1. The molecule has 0 unspecified atom stereocenters. The van der Waals surface area contributed by atoms with Crippen molar-refractivity contribution in [3.63, 3.8) is 0 Å². The lowest BCUT2D eigenvalue weighted by atomic mass is 10.0. The SMILES string of the molecule is Cc1nc(C)c(Cc2ccccc2F)c(N2CCN(C(=O)c3ccccc3F)CC2)n1. The Hall–Kier alpha value is -3.35. The largest absolute Gasteiger partial charge is 0.353 e. The van der Waals surface area contributed by atoms with Crippen LogP contribution in [0.5, 0.6) is 0 Å². The Morgan fingerprint density at radius 3 is 2.23 bits per heavy atom. The minimum atomic E-state index is -0.510. The summed E-state index contributed by atoms with van der Waals surface area (Å²) in [6, 6.07) is 12.7. The van der Waals surface area contributed by atoms with Gasteiger partial charge in [-0.3, -0.25) is 4.79 Å². The van der Waals surface area contributed by atoms with Crippen molar-refractivity contribution in [1.29, 1.82) is 0 Å². The van der Waals surface area contributed by atoms with Crippen molar-refractivity contribution in [2.45, 2.75) is 20.3 Å². The van der Waals surface area contributed by atoms with Crippen LogP contribution in [0, 0.1) is 25.5 Å². The molecule has 31 heavy (non-hydrogen) atoms. The minimum absolute atomic E-state index is 0.0879.